The van der Waals surface area contributed by atoms with E-state index in [0.29, 0.717) is 10.8 Å². The van der Waals surface area contributed by atoms with Crippen LogP contribution in [0, 0.1) is 0 Å². The van der Waals surface area contributed by atoms with Gasteiger partial charge in [-0.2, -0.15) is 5.10 Å². The van der Waals surface area contributed by atoms with Crippen molar-refractivity contribution >= 4 is 55.1 Å². The van der Waals surface area contributed by atoms with Gasteiger partial charge in [-0.3, -0.25) is 0 Å². The van der Waals surface area contributed by atoms with E-state index in [9.17, 15) is 0 Å². The summed E-state index contributed by atoms with van der Waals surface area (Å²) in [6, 6.07) is 15.5. The standard InChI is InChI=1S/C18H11ClN6S/c19-11-6-7-14-15(8-11)26-18(23-14)24-16-13-9-22-25(17(13)21-10-20-16)12-4-2-1-3-5-12/h1-10H,(H,20,21,23,24). The van der Waals surface area contributed by atoms with E-state index in [1.807, 2.05) is 48.5 Å². The topological polar surface area (TPSA) is 68.5 Å². The fourth-order valence-corrected chi connectivity index (χ4v) is 3.90. The SMILES string of the molecule is Clc1ccc2nc(Nc3ncnc4c3cnn4-c3ccccc3)sc2c1. The fourth-order valence-electron chi connectivity index (χ4n) is 2.76. The molecule has 0 saturated carbocycles. The molecule has 126 valence electrons. The van der Waals surface area contributed by atoms with Crippen LogP contribution in [0.15, 0.2) is 61.1 Å². The van der Waals surface area contributed by atoms with Crippen molar-refractivity contribution in [2.75, 3.05) is 5.32 Å². The summed E-state index contributed by atoms with van der Waals surface area (Å²) in [7, 11) is 0. The van der Waals surface area contributed by atoms with Gasteiger partial charge in [-0.1, -0.05) is 41.1 Å². The Balaban J connectivity index is 1.57. The van der Waals surface area contributed by atoms with Crippen LogP contribution in [0.1, 0.15) is 0 Å². The minimum atomic E-state index is 0.669. The van der Waals surface area contributed by atoms with Gasteiger partial charge in [-0.25, -0.2) is 19.6 Å². The zero-order valence-corrected chi connectivity index (χ0v) is 14.9. The van der Waals surface area contributed by atoms with Crippen molar-refractivity contribution in [2.45, 2.75) is 0 Å². The average molecular weight is 379 g/mol. The van der Waals surface area contributed by atoms with E-state index >= 15 is 0 Å². The first kappa shape index (κ1) is 15.2. The Morgan fingerprint density at radius 3 is 2.81 bits per heavy atom. The molecule has 6 nitrogen and oxygen atoms in total. The number of para-hydroxylation sites is 1. The van der Waals surface area contributed by atoms with Crippen LogP contribution in [-0.4, -0.2) is 24.7 Å². The number of nitrogens with one attached hydrogen (secondary N) is 1. The molecule has 0 atom stereocenters. The van der Waals surface area contributed by atoms with Gasteiger partial charge in [0.1, 0.15) is 12.1 Å². The van der Waals surface area contributed by atoms with Gasteiger partial charge in [0, 0.05) is 5.02 Å². The molecule has 5 rings (SSSR count). The summed E-state index contributed by atoms with van der Waals surface area (Å²) < 4.78 is 2.81. The highest BCUT2D eigenvalue weighted by molar-refractivity contribution is 7.22. The molecule has 0 unspecified atom stereocenters. The lowest BCUT2D eigenvalue weighted by Gasteiger charge is -2.04. The van der Waals surface area contributed by atoms with Crippen LogP contribution in [0.3, 0.4) is 0 Å². The molecular formula is C18H11ClN6S. The zero-order valence-electron chi connectivity index (χ0n) is 13.3. The first-order chi connectivity index (χ1) is 12.8. The number of hydrogen-bond acceptors (Lipinski definition) is 6. The van der Waals surface area contributed by atoms with Crippen molar-refractivity contribution in [3.8, 4) is 5.69 Å². The smallest absolute Gasteiger partial charge is 0.189 e. The fraction of sp³-hybridized carbons (Fsp3) is 0. The number of rotatable bonds is 3. The predicted octanol–water partition coefficient (Wildman–Crippen LogP) is 4.82. The Bertz CT molecular complexity index is 1230. The number of thiazole rings is 1. The monoisotopic (exact) mass is 378 g/mol. The third-order valence-corrected chi connectivity index (χ3v) is 5.11. The zero-order chi connectivity index (χ0) is 17.5. The minimum absolute atomic E-state index is 0.669. The van der Waals surface area contributed by atoms with E-state index in [0.717, 1.165) is 32.1 Å². The van der Waals surface area contributed by atoms with Crippen LogP contribution in [-0.2, 0) is 0 Å². The molecule has 0 saturated heterocycles. The summed E-state index contributed by atoms with van der Waals surface area (Å²) in [6.45, 7) is 0. The molecule has 0 radical (unpaired) electrons. The summed E-state index contributed by atoms with van der Waals surface area (Å²) >= 11 is 7.58. The molecule has 3 heterocycles. The number of aromatic nitrogens is 5. The van der Waals surface area contributed by atoms with Gasteiger partial charge in [0.2, 0.25) is 0 Å². The van der Waals surface area contributed by atoms with Gasteiger partial charge in [0.05, 0.1) is 27.5 Å². The first-order valence-electron chi connectivity index (χ1n) is 7.85. The number of anilines is 2. The number of halogens is 1. The summed E-state index contributed by atoms with van der Waals surface area (Å²) in [4.78, 5) is 13.3. The van der Waals surface area contributed by atoms with Crippen molar-refractivity contribution < 1.29 is 0 Å². The van der Waals surface area contributed by atoms with Gasteiger partial charge in [-0.05, 0) is 30.3 Å². The highest BCUT2D eigenvalue weighted by Gasteiger charge is 2.13. The van der Waals surface area contributed by atoms with Gasteiger partial charge >= 0.3 is 0 Å². The van der Waals surface area contributed by atoms with Crippen LogP contribution in [0.2, 0.25) is 5.02 Å². The van der Waals surface area contributed by atoms with E-state index < -0.39 is 0 Å². The van der Waals surface area contributed by atoms with Gasteiger partial charge in [0.15, 0.2) is 10.8 Å². The van der Waals surface area contributed by atoms with Crippen molar-refractivity contribution in [1.82, 2.24) is 24.7 Å². The Morgan fingerprint density at radius 2 is 1.92 bits per heavy atom. The largest absolute Gasteiger partial charge is 0.315 e. The van der Waals surface area contributed by atoms with E-state index in [2.05, 4.69) is 25.4 Å². The second-order valence-corrected chi connectivity index (χ2v) is 7.07. The van der Waals surface area contributed by atoms with Gasteiger partial charge < -0.3 is 5.32 Å². The molecule has 5 aromatic rings. The molecule has 0 aliphatic carbocycles. The van der Waals surface area contributed by atoms with E-state index in [4.69, 9.17) is 11.6 Å². The molecule has 1 N–H and O–H groups in total. The maximum Gasteiger partial charge on any atom is 0.189 e. The van der Waals surface area contributed by atoms with E-state index in [1.54, 1.807) is 10.9 Å². The lowest BCUT2D eigenvalue weighted by Crippen LogP contribution is -1.99. The molecule has 2 aromatic carbocycles. The first-order valence-corrected chi connectivity index (χ1v) is 9.05. The number of fused-ring (bicyclic) bond motifs is 2. The summed E-state index contributed by atoms with van der Waals surface area (Å²) in [5.41, 5.74) is 2.58. The molecular weight excluding hydrogens is 368 g/mol. The second-order valence-electron chi connectivity index (χ2n) is 5.61. The highest BCUT2D eigenvalue weighted by atomic mass is 35.5. The van der Waals surface area contributed by atoms with Crippen molar-refractivity contribution in [2.24, 2.45) is 0 Å². The molecule has 0 aliphatic rings. The maximum atomic E-state index is 6.05. The Hall–Kier alpha value is -3.03. The van der Waals surface area contributed by atoms with Gasteiger partial charge in [0.25, 0.3) is 0 Å². The third kappa shape index (κ3) is 2.58. The number of nitrogens with zero attached hydrogens (tertiary/aromatic N) is 5. The average Bonchev–Trinajstić information content (AvgIpc) is 3.26. The molecule has 8 heteroatoms. The number of benzene rings is 2. The summed E-state index contributed by atoms with van der Waals surface area (Å²) in [5.74, 6) is 0.669. The van der Waals surface area contributed by atoms with Crippen LogP contribution in [0.4, 0.5) is 10.9 Å². The van der Waals surface area contributed by atoms with Crippen molar-refractivity contribution in [3.63, 3.8) is 0 Å². The molecule has 0 spiro atoms. The Labute approximate surface area is 157 Å². The minimum Gasteiger partial charge on any atom is -0.315 e. The summed E-state index contributed by atoms with van der Waals surface area (Å²) in [5, 5.41) is 10.0. The molecule has 0 bridgehead atoms. The molecule has 0 fully saturated rings. The quantitative estimate of drug-likeness (QED) is 0.487. The Morgan fingerprint density at radius 1 is 1.04 bits per heavy atom. The van der Waals surface area contributed by atoms with Crippen LogP contribution in [0.5, 0.6) is 0 Å². The highest BCUT2D eigenvalue weighted by Crippen LogP contribution is 2.31. The van der Waals surface area contributed by atoms with Crippen LogP contribution < -0.4 is 5.32 Å². The van der Waals surface area contributed by atoms with Gasteiger partial charge in [-0.15, -0.1) is 0 Å². The van der Waals surface area contributed by atoms with E-state index in [-0.39, 0.29) is 0 Å². The molecule has 26 heavy (non-hydrogen) atoms. The van der Waals surface area contributed by atoms with Crippen LogP contribution >= 0.6 is 22.9 Å². The normalized spacial score (nSPS) is 11.3. The molecule has 0 aliphatic heterocycles. The van der Waals surface area contributed by atoms with E-state index in [1.165, 1.54) is 17.7 Å². The maximum absolute atomic E-state index is 6.05. The van der Waals surface area contributed by atoms with Crippen LogP contribution in [0.25, 0.3) is 26.9 Å². The molecule has 0 amide bonds. The Kier molecular flexibility index (Phi) is 3.55. The lowest BCUT2D eigenvalue weighted by atomic mass is 10.3. The number of hydrogen-bond donors (Lipinski definition) is 1. The lowest BCUT2D eigenvalue weighted by molar-refractivity contribution is 0.895. The third-order valence-electron chi connectivity index (χ3n) is 3.94. The van der Waals surface area contributed by atoms with Crippen molar-refractivity contribution in [1.29, 1.82) is 0 Å². The molecule has 3 aromatic heterocycles. The predicted molar refractivity (Wildman–Crippen MR) is 105 cm³/mol. The second kappa shape index (κ2) is 6.05. The van der Waals surface area contributed by atoms with Crippen molar-refractivity contribution in [3.05, 3.63) is 66.1 Å². The summed E-state index contributed by atoms with van der Waals surface area (Å²) in [6.07, 6.45) is 3.28.